The molecule has 0 radical (unpaired) electrons. The molecule has 0 heterocycles. The smallest absolute Gasteiger partial charge is 0.265 e. The minimum atomic E-state index is -2.54. The SMILES string of the molecule is NCC1(c2cccc(Cl)c2C(F)F)CCCCC1. The summed E-state index contributed by atoms with van der Waals surface area (Å²) in [5.74, 6) is 0. The summed E-state index contributed by atoms with van der Waals surface area (Å²) in [6.07, 6.45) is 2.47. The molecule has 0 amide bonds. The number of hydrogen-bond donors (Lipinski definition) is 1. The Morgan fingerprint density at radius 1 is 1.22 bits per heavy atom. The Kier molecular flexibility index (Phi) is 4.23. The highest BCUT2D eigenvalue weighted by molar-refractivity contribution is 6.31. The van der Waals surface area contributed by atoms with Crippen LogP contribution in [-0.4, -0.2) is 6.54 Å². The number of nitrogens with two attached hydrogens (primary N) is 1. The van der Waals surface area contributed by atoms with E-state index in [9.17, 15) is 8.78 Å². The van der Waals surface area contributed by atoms with Crippen molar-refractivity contribution in [2.75, 3.05) is 6.54 Å². The monoisotopic (exact) mass is 273 g/mol. The number of alkyl halides is 2. The van der Waals surface area contributed by atoms with E-state index in [2.05, 4.69) is 0 Å². The predicted molar refractivity (Wildman–Crippen MR) is 70.2 cm³/mol. The van der Waals surface area contributed by atoms with Gasteiger partial charge in [0.25, 0.3) is 6.43 Å². The summed E-state index contributed by atoms with van der Waals surface area (Å²) in [6, 6.07) is 5.04. The second kappa shape index (κ2) is 5.54. The maximum Gasteiger partial charge on any atom is 0.265 e. The third-order valence-electron chi connectivity index (χ3n) is 4.04. The van der Waals surface area contributed by atoms with Crippen LogP contribution < -0.4 is 5.73 Å². The van der Waals surface area contributed by atoms with Gasteiger partial charge in [0.05, 0.1) is 0 Å². The molecule has 0 unspecified atom stereocenters. The van der Waals surface area contributed by atoms with Crippen molar-refractivity contribution in [2.24, 2.45) is 5.73 Å². The van der Waals surface area contributed by atoms with Gasteiger partial charge in [-0.15, -0.1) is 0 Å². The van der Waals surface area contributed by atoms with E-state index in [0.29, 0.717) is 12.1 Å². The minimum Gasteiger partial charge on any atom is -0.330 e. The molecular formula is C14H18ClF2N. The topological polar surface area (TPSA) is 26.0 Å². The highest BCUT2D eigenvalue weighted by atomic mass is 35.5. The van der Waals surface area contributed by atoms with E-state index in [1.807, 2.05) is 0 Å². The van der Waals surface area contributed by atoms with Crippen LogP contribution in [0.4, 0.5) is 8.78 Å². The van der Waals surface area contributed by atoms with Crippen LogP contribution in [0.1, 0.15) is 49.7 Å². The van der Waals surface area contributed by atoms with Gasteiger partial charge in [-0.05, 0) is 24.5 Å². The number of halogens is 3. The Labute approximate surface area is 111 Å². The summed E-state index contributed by atoms with van der Waals surface area (Å²) >= 11 is 5.94. The first-order valence-corrected chi connectivity index (χ1v) is 6.75. The van der Waals surface area contributed by atoms with Gasteiger partial charge < -0.3 is 5.73 Å². The van der Waals surface area contributed by atoms with Crippen molar-refractivity contribution >= 4 is 11.6 Å². The van der Waals surface area contributed by atoms with Crippen molar-refractivity contribution in [3.8, 4) is 0 Å². The van der Waals surface area contributed by atoms with Gasteiger partial charge in [-0.3, -0.25) is 0 Å². The second-order valence-corrected chi connectivity index (χ2v) is 5.45. The first-order chi connectivity index (χ1) is 8.60. The largest absolute Gasteiger partial charge is 0.330 e. The lowest BCUT2D eigenvalue weighted by atomic mass is 9.68. The molecule has 2 rings (SSSR count). The number of hydrogen-bond acceptors (Lipinski definition) is 1. The molecular weight excluding hydrogens is 256 g/mol. The average molecular weight is 274 g/mol. The van der Waals surface area contributed by atoms with Gasteiger partial charge in [-0.25, -0.2) is 8.78 Å². The van der Waals surface area contributed by atoms with Crippen LogP contribution in [0.15, 0.2) is 18.2 Å². The fraction of sp³-hybridized carbons (Fsp3) is 0.571. The van der Waals surface area contributed by atoms with Crippen molar-refractivity contribution in [3.63, 3.8) is 0 Å². The molecule has 0 aromatic heterocycles. The van der Waals surface area contributed by atoms with Crippen molar-refractivity contribution in [1.82, 2.24) is 0 Å². The lowest BCUT2D eigenvalue weighted by Crippen LogP contribution is -2.38. The van der Waals surface area contributed by atoms with Crippen LogP contribution in [-0.2, 0) is 5.41 Å². The Hall–Kier alpha value is -0.670. The molecule has 1 fully saturated rings. The van der Waals surface area contributed by atoms with E-state index in [-0.39, 0.29) is 16.0 Å². The molecule has 0 atom stereocenters. The molecule has 0 aliphatic heterocycles. The molecule has 1 aliphatic carbocycles. The van der Waals surface area contributed by atoms with Gasteiger partial charge >= 0.3 is 0 Å². The summed E-state index contributed by atoms with van der Waals surface area (Å²) in [6.45, 7) is 0.410. The quantitative estimate of drug-likeness (QED) is 0.866. The van der Waals surface area contributed by atoms with Crippen molar-refractivity contribution < 1.29 is 8.78 Å². The standard InChI is InChI=1S/C14H18ClF2N/c15-11-6-4-5-10(12(11)13(16)17)14(9-18)7-2-1-3-8-14/h4-6,13H,1-3,7-9,18H2. The van der Waals surface area contributed by atoms with Gasteiger partial charge in [-0.1, -0.05) is 43.0 Å². The Morgan fingerprint density at radius 2 is 1.89 bits per heavy atom. The average Bonchev–Trinajstić information content (AvgIpc) is 2.38. The minimum absolute atomic E-state index is 0.0217. The summed E-state index contributed by atoms with van der Waals surface area (Å²) in [5.41, 5.74) is 6.23. The van der Waals surface area contributed by atoms with Gasteiger partial charge in [0.15, 0.2) is 0 Å². The van der Waals surface area contributed by atoms with Crippen LogP contribution in [0.3, 0.4) is 0 Å². The summed E-state index contributed by atoms with van der Waals surface area (Å²) in [5, 5.41) is 0.154. The third kappa shape index (κ3) is 2.39. The normalized spacial score (nSPS) is 19.2. The predicted octanol–water partition coefficient (Wildman–Crippen LogP) is 4.44. The molecule has 0 bridgehead atoms. The molecule has 1 aromatic carbocycles. The van der Waals surface area contributed by atoms with E-state index < -0.39 is 6.43 Å². The van der Waals surface area contributed by atoms with Gasteiger partial charge in [0, 0.05) is 22.5 Å². The molecule has 100 valence electrons. The fourth-order valence-corrected chi connectivity index (χ4v) is 3.29. The first-order valence-electron chi connectivity index (χ1n) is 6.38. The zero-order valence-corrected chi connectivity index (χ0v) is 11.0. The van der Waals surface area contributed by atoms with Crippen molar-refractivity contribution in [2.45, 2.75) is 43.9 Å². The second-order valence-electron chi connectivity index (χ2n) is 5.05. The molecule has 1 nitrogen and oxygen atoms in total. The maximum absolute atomic E-state index is 13.2. The molecule has 1 aliphatic rings. The highest BCUT2D eigenvalue weighted by Gasteiger charge is 2.36. The van der Waals surface area contributed by atoms with Crippen LogP contribution >= 0.6 is 11.6 Å². The zero-order chi connectivity index (χ0) is 13.2. The summed E-state index contributed by atoms with van der Waals surface area (Å²) < 4.78 is 26.4. The summed E-state index contributed by atoms with van der Waals surface area (Å²) in [4.78, 5) is 0. The Bertz CT molecular complexity index is 414. The van der Waals surface area contributed by atoms with Crippen molar-refractivity contribution in [3.05, 3.63) is 34.3 Å². The van der Waals surface area contributed by atoms with E-state index in [4.69, 9.17) is 17.3 Å². The molecule has 4 heteroatoms. The van der Waals surface area contributed by atoms with Gasteiger partial charge in [0.2, 0.25) is 0 Å². The highest BCUT2D eigenvalue weighted by Crippen LogP contribution is 2.44. The third-order valence-corrected chi connectivity index (χ3v) is 4.37. The Balaban J connectivity index is 2.51. The fourth-order valence-electron chi connectivity index (χ4n) is 3.03. The Morgan fingerprint density at radius 3 is 2.44 bits per heavy atom. The van der Waals surface area contributed by atoms with Gasteiger partial charge in [0.1, 0.15) is 0 Å². The zero-order valence-electron chi connectivity index (χ0n) is 10.3. The van der Waals surface area contributed by atoms with E-state index in [1.165, 1.54) is 6.07 Å². The molecule has 2 N–H and O–H groups in total. The van der Waals surface area contributed by atoms with E-state index in [1.54, 1.807) is 12.1 Å². The van der Waals surface area contributed by atoms with Crippen LogP contribution in [0.25, 0.3) is 0 Å². The van der Waals surface area contributed by atoms with Crippen LogP contribution in [0.2, 0.25) is 5.02 Å². The number of rotatable bonds is 3. The molecule has 1 aromatic rings. The summed E-state index contributed by atoms with van der Waals surface area (Å²) in [7, 11) is 0. The van der Waals surface area contributed by atoms with Gasteiger partial charge in [-0.2, -0.15) is 0 Å². The van der Waals surface area contributed by atoms with Crippen molar-refractivity contribution in [1.29, 1.82) is 0 Å². The first kappa shape index (κ1) is 13.8. The molecule has 18 heavy (non-hydrogen) atoms. The van der Waals surface area contributed by atoms with E-state index >= 15 is 0 Å². The molecule has 1 saturated carbocycles. The van der Waals surface area contributed by atoms with E-state index in [0.717, 1.165) is 32.1 Å². The lowest BCUT2D eigenvalue weighted by Gasteiger charge is -2.38. The van der Waals surface area contributed by atoms with Crippen LogP contribution in [0, 0.1) is 0 Å². The molecule has 0 spiro atoms. The lowest BCUT2D eigenvalue weighted by molar-refractivity contribution is 0.146. The maximum atomic E-state index is 13.2. The van der Waals surface area contributed by atoms with Crippen LogP contribution in [0.5, 0.6) is 0 Å². The molecule has 0 saturated heterocycles. The number of benzene rings is 1.